The topological polar surface area (TPSA) is 147 Å². The van der Waals surface area contributed by atoms with Crippen molar-refractivity contribution >= 4 is 16.0 Å². The third kappa shape index (κ3) is 5.74. The van der Waals surface area contributed by atoms with Gasteiger partial charge in [-0.15, -0.1) is 0 Å². The number of carbonyl (C=O) groups is 1. The number of hydrogen-bond acceptors (Lipinski definition) is 7. The molecule has 0 spiro atoms. The maximum absolute atomic E-state index is 12.2. The van der Waals surface area contributed by atoms with Gasteiger partial charge in [0.05, 0.1) is 34.2 Å². The second kappa shape index (κ2) is 11.4. The van der Waals surface area contributed by atoms with Crippen LogP contribution in [0.5, 0.6) is 0 Å². The molecule has 0 unspecified atom stereocenters. The average molecular weight is 538 g/mol. The van der Waals surface area contributed by atoms with Gasteiger partial charge in [-0.3, -0.25) is 4.79 Å². The molecule has 4 aliphatic carbocycles. The molecule has 0 saturated heterocycles. The van der Waals surface area contributed by atoms with E-state index in [0.717, 1.165) is 38.5 Å². The van der Waals surface area contributed by atoms with Crippen molar-refractivity contribution in [3.05, 3.63) is 0 Å². The molecule has 0 aromatic heterocycles. The van der Waals surface area contributed by atoms with Gasteiger partial charge >= 0.3 is 29.6 Å². The molecule has 4 aliphatic rings. The minimum absolute atomic E-state index is 0. The Balaban J connectivity index is 0.00000361. The molecule has 4 rings (SSSR count). The molecule has 11 atom stereocenters. The summed E-state index contributed by atoms with van der Waals surface area (Å²) in [6, 6.07) is 0. The normalized spacial score (nSPS) is 45.0. The van der Waals surface area contributed by atoms with Crippen molar-refractivity contribution in [2.75, 3.05) is 12.3 Å². The first-order valence-corrected chi connectivity index (χ1v) is 15.1. The van der Waals surface area contributed by atoms with Gasteiger partial charge in [-0.1, -0.05) is 20.8 Å². The van der Waals surface area contributed by atoms with E-state index in [9.17, 15) is 33.1 Å². The minimum atomic E-state index is -4.33. The number of rotatable bonds is 7. The van der Waals surface area contributed by atoms with Crippen molar-refractivity contribution in [3.8, 4) is 0 Å². The van der Waals surface area contributed by atoms with Crippen LogP contribution in [0.1, 0.15) is 78.6 Å². The maximum Gasteiger partial charge on any atom is 1.00 e. The van der Waals surface area contributed by atoms with E-state index in [2.05, 4.69) is 26.1 Å². The third-order valence-corrected chi connectivity index (χ3v) is 11.7. The van der Waals surface area contributed by atoms with E-state index >= 15 is 0 Å². The quantitative estimate of drug-likeness (QED) is 0.241. The number of aliphatic hydroxyl groups is 3. The van der Waals surface area contributed by atoms with Crippen molar-refractivity contribution in [3.63, 3.8) is 0 Å². The molecule has 4 N–H and O–H groups in total. The summed E-state index contributed by atoms with van der Waals surface area (Å²) in [5, 5.41) is 35.3. The molecular formula is C26H44NNaO7S. The molecule has 1 amide bonds. The summed E-state index contributed by atoms with van der Waals surface area (Å²) in [7, 11) is -4.33. The summed E-state index contributed by atoms with van der Waals surface area (Å²) in [4.78, 5) is 12.2. The van der Waals surface area contributed by atoms with E-state index in [0.29, 0.717) is 42.9 Å². The first kappa shape index (κ1) is 30.8. The molecule has 0 radical (unpaired) electrons. The van der Waals surface area contributed by atoms with Gasteiger partial charge in [0.1, 0.15) is 0 Å². The van der Waals surface area contributed by atoms with Crippen LogP contribution < -0.4 is 34.9 Å². The fourth-order valence-electron chi connectivity index (χ4n) is 9.18. The fourth-order valence-corrected chi connectivity index (χ4v) is 9.53. The van der Waals surface area contributed by atoms with Gasteiger partial charge in [-0.05, 0) is 97.7 Å². The van der Waals surface area contributed by atoms with Gasteiger partial charge in [0.25, 0.3) is 0 Å². The van der Waals surface area contributed by atoms with E-state index in [4.69, 9.17) is 0 Å². The van der Waals surface area contributed by atoms with Crippen molar-refractivity contribution < 1.29 is 62.6 Å². The Kier molecular flexibility index (Phi) is 9.75. The summed E-state index contributed by atoms with van der Waals surface area (Å²) in [6.07, 6.45) is 5.46. The Morgan fingerprint density at radius 3 is 2.31 bits per heavy atom. The van der Waals surface area contributed by atoms with Crippen molar-refractivity contribution in [1.82, 2.24) is 5.32 Å². The number of hydrogen-bond donors (Lipinski definition) is 4. The van der Waals surface area contributed by atoms with Crippen molar-refractivity contribution in [1.29, 1.82) is 0 Å². The van der Waals surface area contributed by atoms with E-state index < -0.39 is 28.1 Å². The van der Waals surface area contributed by atoms with E-state index in [1.165, 1.54) is 0 Å². The molecule has 0 aliphatic heterocycles. The average Bonchev–Trinajstić information content (AvgIpc) is 3.13. The summed E-state index contributed by atoms with van der Waals surface area (Å²) in [6.45, 7) is 6.66. The molecule has 0 heterocycles. The number of nitrogens with one attached hydrogen (secondary N) is 1. The Morgan fingerprint density at radius 1 is 1.00 bits per heavy atom. The monoisotopic (exact) mass is 537 g/mol. The smallest absolute Gasteiger partial charge is 0.748 e. The molecular weight excluding hydrogens is 493 g/mol. The Morgan fingerprint density at radius 2 is 1.64 bits per heavy atom. The summed E-state index contributed by atoms with van der Waals surface area (Å²) < 4.78 is 32.2. The first-order chi connectivity index (χ1) is 16.3. The predicted octanol–water partition coefficient (Wildman–Crippen LogP) is -0.970. The third-order valence-electron chi connectivity index (χ3n) is 11.0. The molecule has 36 heavy (non-hydrogen) atoms. The number of fused-ring (bicyclic) bond motifs is 5. The zero-order chi connectivity index (χ0) is 25.8. The largest absolute Gasteiger partial charge is 1.00 e. The maximum atomic E-state index is 12.2. The summed E-state index contributed by atoms with van der Waals surface area (Å²) in [5.74, 6) is 0.598. The van der Waals surface area contributed by atoms with Crippen LogP contribution in [0, 0.1) is 46.3 Å². The second-order valence-corrected chi connectivity index (χ2v) is 14.2. The molecule has 0 aromatic rings. The van der Waals surface area contributed by atoms with Gasteiger partial charge < -0.3 is 25.2 Å². The van der Waals surface area contributed by atoms with Crippen LogP contribution in [0.25, 0.3) is 0 Å². The van der Waals surface area contributed by atoms with Crippen LogP contribution in [0.2, 0.25) is 0 Å². The molecule has 4 saturated carbocycles. The Bertz CT molecular complexity index is 903. The van der Waals surface area contributed by atoms with E-state index in [1.54, 1.807) is 0 Å². The summed E-state index contributed by atoms with van der Waals surface area (Å²) >= 11 is 0. The molecule has 10 heteroatoms. The van der Waals surface area contributed by atoms with Crippen LogP contribution in [0.4, 0.5) is 0 Å². The standard InChI is InChI=1S/C26H45NO7S.Na/c1-15(4-7-21(29)27-12-13-35(32,33)34)17-5-6-18-22-19(9-11-25(17,18)2)26(3)10-8-16(28)14-20(26)23(30)24(22)31;/h15-20,22-24,28,30-31H,4-14H2,1-3H3,(H,27,29)(H,32,33,34);/q;+1/p-1/t15-,16-,17-,18+,19+,20+,22+,23+,24+,25-,26-;/m1./s1. The van der Waals surface area contributed by atoms with Crippen LogP contribution >= 0.6 is 0 Å². The Labute approximate surface area is 238 Å². The van der Waals surface area contributed by atoms with Crippen LogP contribution in [-0.2, 0) is 14.9 Å². The second-order valence-electron chi connectivity index (χ2n) is 12.7. The van der Waals surface area contributed by atoms with Crippen molar-refractivity contribution in [2.45, 2.75) is 96.9 Å². The van der Waals surface area contributed by atoms with Gasteiger partial charge in [-0.25, -0.2) is 8.42 Å². The van der Waals surface area contributed by atoms with Crippen LogP contribution in [-0.4, -0.2) is 64.8 Å². The molecule has 4 fully saturated rings. The predicted molar refractivity (Wildman–Crippen MR) is 130 cm³/mol. The zero-order valence-electron chi connectivity index (χ0n) is 22.4. The van der Waals surface area contributed by atoms with E-state index in [-0.39, 0.29) is 70.8 Å². The van der Waals surface area contributed by atoms with Crippen molar-refractivity contribution in [2.24, 2.45) is 46.3 Å². The van der Waals surface area contributed by atoms with Gasteiger partial charge in [0.2, 0.25) is 5.91 Å². The van der Waals surface area contributed by atoms with Gasteiger partial charge in [-0.2, -0.15) is 0 Å². The first-order valence-electron chi connectivity index (χ1n) is 13.5. The molecule has 202 valence electrons. The number of carbonyl (C=O) groups excluding carboxylic acids is 1. The Hall–Kier alpha value is 0.260. The SMILES string of the molecule is C[C@H](CCC(=O)NCCS(=O)(=O)[O-])[C@H]1CC[C@H]2[C@@H]3[C@H](O)[C@@H](O)[C@@H]4C[C@H](O)CC[C@]4(C)[C@H]3CC[C@]12C.[Na+]. The zero-order valence-corrected chi connectivity index (χ0v) is 25.2. The van der Waals surface area contributed by atoms with Crippen LogP contribution in [0.15, 0.2) is 0 Å². The van der Waals surface area contributed by atoms with Crippen LogP contribution in [0.3, 0.4) is 0 Å². The molecule has 0 bridgehead atoms. The minimum Gasteiger partial charge on any atom is -0.748 e. The summed E-state index contributed by atoms with van der Waals surface area (Å²) in [5.41, 5.74) is -0.00495. The van der Waals surface area contributed by atoms with Gasteiger partial charge in [0.15, 0.2) is 0 Å². The molecule has 8 nitrogen and oxygen atoms in total. The van der Waals surface area contributed by atoms with Gasteiger partial charge in [0, 0.05) is 13.0 Å². The fraction of sp³-hybridized carbons (Fsp3) is 0.962. The number of aliphatic hydroxyl groups excluding tert-OH is 3. The molecule has 0 aromatic carbocycles. The number of amides is 1. The van der Waals surface area contributed by atoms with E-state index in [1.807, 2.05) is 0 Å².